The van der Waals surface area contributed by atoms with Gasteiger partial charge in [0.2, 0.25) is 5.91 Å². The van der Waals surface area contributed by atoms with Gasteiger partial charge in [-0.3, -0.25) is 4.79 Å². The van der Waals surface area contributed by atoms with E-state index >= 15 is 0 Å². The fraction of sp³-hybridized carbons (Fsp3) is 0.333. The van der Waals surface area contributed by atoms with Crippen LogP contribution in [0.25, 0.3) is 11.0 Å². The number of nitrogens with zero attached hydrogens (tertiary/aromatic N) is 3. The minimum atomic E-state index is 0.137. The van der Waals surface area contributed by atoms with Crippen molar-refractivity contribution in [2.24, 2.45) is 0 Å². The molecule has 5 heteroatoms. The highest BCUT2D eigenvalue weighted by Crippen LogP contribution is 2.29. The minimum absolute atomic E-state index is 0.137. The number of hydrogen-bond acceptors (Lipinski definition) is 3. The van der Waals surface area contributed by atoms with Crippen LogP contribution in [0.1, 0.15) is 23.7 Å². The maximum Gasteiger partial charge on any atom is 0.223 e. The van der Waals surface area contributed by atoms with Crippen molar-refractivity contribution in [2.45, 2.75) is 25.8 Å². The number of aryl methyl sites for hydroxylation is 1. The lowest BCUT2D eigenvalue weighted by Crippen LogP contribution is -2.19. The fourth-order valence-electron chi connectivity index (χ4n) is 3.64. The molecular formula is C21H23N3O2. The van der Waals surface area contributed by atoms with E-state index in [1.165, 1.54) is 0 Å². The Morgan fingerprint density at radius 3 is 2.69 bits per heavy atom. The van der Waals surface area contributed by atoms with Crippen molar-refractivity contribution in [3.8, 4) is 5.75 Å². The Kier molecular flexibility index (Phi) is 4.37. The van der Waals surface area contributed by atoms with Gasteiger partial charge in [0.1, 0.15) is 18.2 Å². The number of benzene rings is 2. The predicted molar refractivity (Wildman–Crippen MR) is 101 cm³/mol. The van der Waals surface area contributed by atoms with E-state index in [9.17, 15) is 4.79 Å². The van der Waals surface area contributed by atoms with Crippen molar-refractivity contribution in [1.29, 1.82) is 0 Å². The topological polar surface area (TPSA) is 47.4 Å². The summed E-state index contributed by atoms with van der Waals surface area (Å²) in [5.74, 6) is 2.22. The second kappa shape index (κ2) is 6.83. The standard InChI is InChI=1S/C21H23N3O2/c1-15-7-3-6-10-19(15)26-12-11-24-18-9-5-4-8-17(18)22-21(24)16-13-20(25)23(2)14-16/h3-10,16H,11-14H2,1-2H3. The number of rotatable bonds is 5. The van der Waals surface area contributed by atoms with Crippen molar-refractivity contribution in [3.05, 3.63) is 59.9 Å². The summed E-state index contributed by atoms with van der Waals surface area (Å²) in [6.45, 7) is 4.04. The van der Waals surface area contributed by atoms with Gasteiger partial charge in [0.25, 0.3) is 0 Å². The number of likely N-dealkylation sites (N-methyl/N-ethyl adjacent to an activating group) is 1. The van der Waals surface area contributed by atoms with Crippen LogP contribution in [-0.2, 0) is 11.3 Å². The number of para-hydroxylation sites is 3. The molecule has 1 saturated heterocycles. The molecule has 1 aliphatic heterocycles. The Morgan fingerprint density at radius 2 is 1.92 bits per heavy atom. The summed E-state index contributed by atoms with van der Waals surface area (Å²) in [4.78, 5) is 18.6. The maximum absolute atomic E-state index is 12.0. The van der Waals surface area contributed by atoms with Crippen molar-refractivity contribution < 1.29 is 9.53 Å². The number of carbonyl (C=O) groups excluding carboxylic acids is 1. The molecule has 0 spiro atoms. The highest BCUT2D eigenvalue weighted by atomic mass is 16.5. The maximum atomic E-state index is 12.0. The molecule has 0 bridgehead atoms. The molecule has 0 radical (unpaired) electrons. The number of carbonyl (C=O) groups is 1. The number of hydrogen-bond donors (Lipinski definition) is 0. The van der Waals surface area contributed by atoms with E-state index in [-0.39, 0.29) is 11.8 Å². The first kappa shape index (κ1) is 16.6. The molecule has 1 amide bonds. The second-order valence-electron chi connectivity index (χ2n) is 6.90. The van der Waals surface area contributed by atoms with Crippen LogP contribution in [0.4, 0.5) is 0 Å². The Labute approximate surface area is 153 Å². The largest absolute Gasteiger partial charge is 0.491 e. The first-order valence-corrected chi connectivity index (χ1v) is 9.01. The molecule has 3 aromatic rings. The van der Waals surface area contributed by atoms with Crippen LogP contribution < -0.4 is 4.74 Å². The van der Waals surface area contributed by atoms with E-state index in [0.29, 0.717) is 19.6 Å². The molecule has 4 rings (SSSR count). The Balaban J connectivity index is 1.60. The molecule has 0 aliphatic carbocycles. The number of ether oxygens (including phenoxy) is 1. The van der Waals surface area contributed by atoms with Crippen LogP contribution in [0.5, 0.6) is 5.75 Å². The van der Waals surface area contributed by atoms with E-state index in [0.717, 1.165) is 34.7 Å². The monoisotopic (exact) mass is 349 g/mol. The minimum Gasteiger partial charge on any atom is -0.491 e. The lowest BCUT2D eigenvalue weighted by atomic mass is 10.1. The van der Waals surface area contributed by atoms with Gasteiger partial charge in [-0.1, -0.05) is 30.3 Å². The summed E-state index contributed by atoms with van der Waals surface area (Å²) in [5.41, 5.74) is 3.20. The van der Waals surface area contributed by atoms with Crippen LogP contribution in [0.3, 0.4) is 0 Å². The molecule has 1 unspecified atom stereocenters. The van der Waals surface area contributed by atoms with E-state index in [2.05, 4.69) is 10.6 Å². The van der Waals surface area contributed by atoms with Crippen LogP contribution in [-0.4, -0.2) is 40.6 Å². The summed E-state index contributed by atoms with van der Waals surface area (Å²) >= 11 is 0. The van der Waals surface area contributed by atoms with Crippen LogP contribution in [0.2, 0.25) is 0 Å². The normalized spacial score (nSPS) is 17.2. The summed E-state index contributed by atoms with van der Waals surface area (Å²) in [5, 5.41) is 0. The summed E-state index contributed by atoms with van der Waals surface area (Å²) < 4.78 is 8.21. The fourth-order valence-corrected chi connectivity index (χ4v) is 3.64. The average molecular weight is 349 g/mol. The highest BCUT2D eigenvalue weighted by molar-refractivity contribution is 5.80. The van der Waals surface area contributed by atoms with Gasteiger partial charge in [0.15, 0.2) is 0 Å². The summed E-state index contributed by atoms with van der Waals surface area (Å²) in [7, 11) is 1.86. The van der Waals surface area contributed by atoms with Crippen molar-refractivity contribution in [2.75, 3.05) is 20.2 Å². The molecule has 1 aliphatic rings. The molecule has 26 heavy (non-hydrogen) atoms. The molecule has 1 atom stereocenters. The van der Waals surface area contributed by atoms with E-state index in [1.54, 1.807) is 4.90 Å². The van der Waals surface area contributed by atoms with Crippen LogP contribution >= 0.6 is 0 Å². The predicted octanol–water partition coefficient (Wildman–Crippen LogP) is 3.37. The molecule has 0 saturated carbocycles. The van der Waals surface area contributed by atoms with Gasteiger partial charge in [-0.2, -0.15) is 0 Å². The molecule has 1 aromatic heterocycles. The van der Waals surface area contributed by atoms with Crippen molar-refractivity contribution in [3.63, 3.8) is 0 Å². The van der Waals surface area contributed by atoms with Crippen molar-refractivity contribution in [1.82, 2.24) is 14.5 Å². The van der Waals surface area contributed by atoms with Gasteiger partial charge in [-0.25, -0.2) is 4.98 Å². The van der Waals surface area contributed by atoms with Gasteiger partial charge in [0, 0.05) is 25.9 Å². The van der Waals surface area contributed by atoms with Crippen LogP contribution in [0, 0.1) is 6.92 Å². The number of imidazole rings is 1. The zero-order valence-electron chi connectivity index (χ0n) is 15.2. The number of amides is 1. The smallest absolute Gasteiger partial charge is 0.223 e. The van der Waals surface area contributed by atoms with Gasteiger partial charge >= 0.3 is 0 Å². The summed E-state index contributed by atoms with van der Waals surface area (Å²) in [6, 6.07) is 16.2. The second-order valence-corrected chi connectivity index (χ2v) is 6.90. The first-order valence-electron chi connectivity index (χ1n) is 9.01. The van der Waals surface area contributed by atoms with Gasteiger partial charge in [0.05, 0.1) is 17.6 Å². The van der Waals surface area contributed by atoms with E-state index in [1.807, 2.05) is 56.4 Å². The van der Waals surface area contributed by atoms with E-state index in [4.69, 9.17) is 9.72 Å². The van der Waals surface area contributed by atoms with Gasteiger partial charge < -0.3 is 14.2 Å². The molecule has 1 fully saturated rings. The molecule has 0 N–H and O–H groups in total. The Bertz CT molecular complexity index is 947. The summed E-state index contributed by atoms with van der Waals surface area (Å²) in [6.07, 6.45) is 0.526. The molecular weight excluding hydrogens is 326 g/mol. The third kappa shape index (κ3) is 3.05. The van der Waals surface area contributed by atoms with Gasteiger partial charge in [-0.15, -0.1) is 0 Å². The molecule has 2 aromatic carbocycles. The lowest BCUT2D eigenvalue weighted by Gasteiger charge is -2.15. The zero-order chi connectivity index (χ0) is 18.1. The average Bonchev–Trinajstić information content (AvgIpc) is 3.17. The Hall–Kier alpha value is -2.82. The SMILES string of the molecule is Cc1ccccc1OCCn1c(C2CC(=O)N(C)C2)nc2ccccc21. The third-order valence-electron chi connectivity index (χ3n) is 5.06. The quantitative estimate of drug-likeness (QED) is 0.709. The number of aromatic nitrogens is 2. The van der Waals surface area contributed by atoms with Crippen molar-refractivity contribution >= 4 is 16.9 Å². The third-order valence-corrected chi connectivity index (χ3v) is 5.06. The highest BCUT2D eigenvalue weighted by Gasteiger charge is 2.31. The molecule has 2 heterocycles. The molecule has 134 valence electrons. The van der Waals surface area contributed by atoms with Gasteiger partial charge in [-0.05, 0) is 30.7 Å². The zero-order valence-corrected chi connectivity index (χ0v) is 15.2. The molecule has 5 nitrogen and oxygen atoms in total. The van der Waals surface area contributed by atoms with E-state index < -0.39 is 0 Å². The Morgan fingerprint density at radius 1 is 1.15 bits per heavy atom. The number of likely N-dealkylation sites (tertiary alicyclic amines) is 1. The first-order chi connectivity index (χ1) is 12.6. The number of fused-ring (bicyclic) bond motifs is 1. The van der Waals surface area contributed by atoms with Crippen LogP contribution in [0.15, 0.2) is 48.5 Å². The lowest BCUT2D eigenvalue weighted by molar-refractivity contribution is -0.126.